The van der Waals surface area contributed by atoms with Gasteiger partial charge in [0.15, 0.2) is 16.9 Å². The number of nitrogens with zero attached hydrogens (tertiary/aromatic N) is 3. The third-order valence-corrected chi connectivity index (χ3v) is 8.15. The number of rotatable bonds is 3. The predicted octanol–water partition coefficient (Wildman–Crippen LogP) is 3.07. The largest absolute Gasteiger partial charge is 0.454 e. The molecule has 0 aliphatic carbocycles. The lowest BCUT2D eigenvalue weighted by atomic mass is 9.67. The fourth-order valence-corrected chi connectivity index (χ4v) is 6.28. The normalized spacial score (nSPS) is 24.0. The van der Waals surface area contributed by atoms with Crippen molar-refractivity contribution >= 4 is 29.2 Å². The van der Waals surface area contributed by atoms with Gasteiger partial charge in [0.1, 0.15) is 5.82 Å². The van der Waals surface area contributed by atoms with Gasteiger partial charge in [0, 0.05) is 31.9 Å². The van der Waals surface area contributed by atoms with Crippen LogP contribution in [-0.4, -0.2) is 55.2 Å². The summed E-state index contributed by atoms with van der Waals surface area (Å²) in [6.07, 6.45) is 0.151. The van der Waals surface area contributed by atoms with Gasteiger partial charge in [-0.25, -0.2) is 14.1 Å². The molecule has 198 valence electrons. The number of imide groups is 2. The van der Waals surface area contributed by atoms with Crippen molar-refractivity contribution in [3.63, 3.8) is 0 Å². The number of benzene rings is 3. The summed E-state index contributed by atoms with van der Waals surface area (Å²) in [6, 6.07) is 17.4. The van der Waals surface area contributed by atoms with Crippen LogP contribution in [0.25, 0.3) is 0 Å². The fourth-order valence-electron chi connectivity index (χ4n) is 6.28. The molecule has 1 N–H and O–H groups in total. The van der Waals surface area contributed by atoms with E-state index in [2.05, 4.69) is 15.1 Å². The third kappa shape index (κ3) is 3.66. The Bertz CT molecular complexity index is 1510. The molecule has 0 saturated carbocycles. The number of carbonyl (C=O) groups excluding carboxylic acids is 3. The Labute approximate surface area is 223 Å². The average Bonchev–Trinajstić information content (AvgIpc) is 3.41. The molecule has 4 heterocycles. The van der Waals surface area contributed by atoms with Crippen LogP contribution in [-0.2, 0) is 22.6 Å². The molecule has 4 amide bonds. The first-order chi connectivity index (χ1) is 18.9. The van der Waals surface area contributed by atoms with Crippen LogP contribution < -0.4 is 24.6 Å². The number of fused-ring (bicyclic) bond motifs is 5. The summed E-state index contributed by atoms with van der Waals surface area (Å²) in [5, 5.41) is 2.45. The van der Waals surface area contributed by atoms with Gasteiger partial charge < -0.3 is 14.4 Å². The molecule has 2 atom stereocenters. The summed E-state index contributed by atoms with van der Waals surface area (Å²) >= 11 is 0. The number of nitrogens with one attached hydrogen (secondary N) is 1. The van der Waals surface area contributed by atoms with Crippen LogP contribution in [0.1, 0.15) is 11.1 Å². The van der Waals surface area contributed by atoms with E-state index in [0.29, 0.717) is 37.7 Å². The van der Waals surface area contributed by atoms with Crippen molar-refractivity contribution in [2.24, 2.45) is 5.41 Å². The fraction of sp³-hybridized carbons (Fsp3) is 0.276. The van der Waals surface area contributed by atoms with E-state index in [-0.39, 0.29) is 18.9 Å². The number of halogens is 1. The van der Waals surface area contributed by atoms with Crippen LogP contribution in [0.5, 0.6) is 11.5 Å². The Morgan fingerprint density at radius 1 is 0.949 bits per heavy atom. The molecule has 9 nitrogen and oxygen atoms in total. The smallest absolute Gasteiger partial charge is 0.335 e. The van der Waals surface area contributed by atoms with Gasteiger partial charge in [-0.1, -0.05) is 24.3 Å². The van der Waals surface area contributed by atoms with Gasteiger partial charge in [0.05, 0.1) is 11.7 Å². The molecule has 7 rings (SSSR count). The standard InChI is InChI=1S/C29H25FN4O5/c30-20-6-8-21(9-7-20)34-27(36)29(26(35)31-28(34)37)14-19-3-1-2-4-22(19)33-12-11-32(16-25(29)33)15-18-5-10-23-24(13-18)39-17-38-23/h1-10,13,25H,11-12,14-17H2,(H,31,35,37)/t25-,29+/m1/s1. The number of para-hydroxylation sites is 1. The molecular weight excluding hydrogens is 503 g/mol. The van der Waals surface area contributed by atoms with Gasteiger partial charge >= 0.3 is 6.03 Å². The summed E-state index contributed by atoms with van der Waals surface area (Å²) in [5.41, 5.74) is 1.55. The van der Waals surface area contributed by atoms with Crippen LogP contribution in [0, 0.1) is 11.2 Å². The molecule has 3 aromatic carbocycles. The zero-order valence-corrected chi connectivity index (χ0v) is 20.9. The van der Waals surface area contributed by atoms with Crippen molar-refractivity contribution in [2.75, 3.05) is 36.2 Å². The van der Waals surface area contributed by atoms with Crippen molar-refractivity contribution in [1.29, 1.82) is 0 Å². The molecule has 0 radical (unpaired) electrons. The summed E-state index contributed by atoms with van der Waals surface area (Å²) in [7, 11) is 0. The van der Waals surface area contributed by atoms with E-state index in [0.717, 1.165) is 21.7 Å². The maximum absolute atomic E-state index is 14.3. The highest BCUT2D eigenvalue weighted by Gasteiger charge is 2.63. The zero-order chi connectivity index (χ0) is 26.7. The number of hydrogen-bond donors (Lipinski definition) is 1. The van der Waals surface area contributed by atoms with E-state index in [1.807, 2.05) is 42.5 Å². The van der Waals surface area contributed by atoms with Crippen LogP contribution in [0.4, 0.5) is 20.6 Å². The minimum atomic E-state index is -1.55. The van der Waals surface area contributed by atoms with Gasteiger partial charge in [-0.05, 0) is 60.0 Å². The van der Waals surface area contributed by atoms with E-state index < -0.39 is 35.1 Å². The summed E-state index contributed by atoms with van der Waals surface area (Å²) in [5.74, 6) is -0.285. The molecule has 3 aromatic rings. The first kappa shape index (κ1) is 23.7. The molecule has 4 aliphatic rings. The van der Waals surface area contributed by atoms with Crippen LogP contribution in [0.2, 0.25) is 0 Å². The number of anilines is 2. The second kappa shape index (κ2) is 8.81. The second-order valence-electron chi connectivity index (χ2n) is 10.3. The maximum Gasteiger partial charge on any atom is 0.335 e. The van der Waals surface area contributed by atoms with Gasteiger partial charge in [-0.2, -0.15) is 0 Å². The summed E-state index contributed by atoms with van der Waals surface area (Å²) < 4.78 is 24.6. The quantitative estimate of drug-likeness (QED) is 0.523. The molecule has 2 saturated heterocycles. The van der Waals surface area contributed by atoms with Gasteiger partial charge in [-0.15, -0.1) is 0 Å². The van der Waals surface area contributed by atoms with Crippen molar-refractivity contribution < 1.29 is 28.2 Å². The minimum Gasteiger partial charge on any atom is -0.454 e. The molecule has 0 aromatic heterocycles. The monoisotopic (exact) mass is 528 g/mol. The number of barbiturate groups is 1. The lowest BCUT2D eigenvalue weighted by Crippen LogP contribution is -2.75. The first-order valence-corrected chi connectivity index (χ1v) is 12.8. The SMILES string of the molecule is O=C1NC(=O)[C@@]2(Cc3ccccc3N3CCN(Cc4ccc5c(c4)OCO5)C[C@@H]32)C(=O)N1c1ccc(F)cc1. The first-order valence-electron chi connectivity index (χ1n) is 12.8. The number of hydrogen-bond acceptors (Lipinski definition) is 7. The zero-order valence-electron chi connectivity index (χ0n) is 20.9. The Balaban J connectivity index is 1.27. The molecule has 39 heavy (non-hydrogen) atoms. The van der Waals surface area contributed by atoms with E-state index >= 15 is 0 Å². The Morgan fingerprint density at radius 3 is 2.59 bits per heavy atom. The lowest BCUT2D eigenvalue weighted by molar-refractivity contribution is -0.145. The molecule has 0 unspecified atom stereocenters. The number of urea groups is 1. The highest BCUT2D eigenvalue weighted by molar-refractivity contribution is 6.30. The van der Waals surface area contributed by atoms with Crippen molar-refractivity contribution in [3.8, 4) is 11.5 Å². The summed E-state index contributed by atoms with van der Waals surface area (Å²) in [4.78, 5) is 46.4. The summed E-state index contributed by atoms with van der Waals surface area (Å²) in [6.45, 7) is 2.52. The molecular formula is C29H25FN4O5. The van der Waals surface area contributed by atoms with Crippen molar-refractivity contribution in [2.45, 2.75) is 19.0 Å². The van der Waals surface area contributed by atoms with Crippen LogP contribution >= 0.6 is 0 Å². The topological polar surface area (TPSA) is 91.4 Å². The van der Waals surface area contributed by atoms with Gasteiger partial charge in [0.2, 0.25) is 12.7 Å². The molecule has 10 heteroatoms. The maximum atomic E-state index is 14.3. The van der Waals surface area contributed by atoms with E-state index in [9.17, 15) is 18.8 Å². The number of piperazine rings is 1. The van der Waals surface area contributed by atoms with E-state index in [1.54, 1.807) is 0 Å². The molecule has 0 bridgehead atoms. The molecule has 1 spiro atoms. The van der Waals surface area contributed by atoms with Crippen LogP contribution in [0.3, 0.4) is 0 Å². The second-order valence-corrected chi connectivity index (χ2v) is 10.3. The van der Waals surface area contributed by atoms with Gasteiger partial charge in [-0.3, -0.25) is 19.8 Å². The van der Waals surface area contributed by atoms with Crippen LogP contribution in [0.15, 0.2) is 66.7 Å². The molecule has 4 aliphatic heterocycles. The Hall–Kier alpha value is -4.44. The number of amides is 4. The number of carbonyl (C=O) groups is 3. The lowest BCUT2D eigenvalue weighted by Gasteiger charge is -2.55. The third-order valence-electron chi connectivity index (χ3n) is 8.15. The highest BCUT2D eigenvalue weighted by Crippen LogP contribution is 2.46. The van der Waals surface area contributed by atoms with Crippen molar-refractivity contribution in [3.05, 3.63) is 83.7 Å². The molecule has 2 fully saturated rings. The Morgan fingerprint density at radius 2 is 1.74 bits per heavy atom. The highest BCUT2D eigenvalue weighted by atomic mass is 19.1. The van der Waals surface area contributed by atoms with E-state index in [1.165, 1.54) is 24.3 Å². The number of ether oxygens (including phenoxy) is 2. The van der Waals surface area contributed by atoms with Crippen molar-refractivity contribution in [1.82, 2.24) is 10.2 Å². The average molecular weight is 529 g/mol. The Kier molecular flexibility index (Phi) is 5.34. The van der Waals surface area contributed by atoms with E-state index in [4.69, 9.17) is 9.47 Å². The van der Waals surface area contributed by atoms with Gasteiger partial charge in [0.25, 0.3) is 5.91 Å². The minimum absolute atomic E-state index is 0.151. The predicted molar refractivity (Wildman–Crippen MR) is 139 cm³/mol.